The Morgan fingerprint density at radius 3 is 2.50 bits per heavy atom. The molecule has 0 saturated heterocycles. The number of ether oxygens (including phenoxy) is 1. The second-order valence-electron chi connectivity index (χ2n) is 4.60. The van der Waals surface area contributed by atoms with Gasteiger partial charge in [-0.3, -0.25) is 9.59 Å². The predicted octanol–water partition coefficient (Wildman–Crippen LogP) is 4.70. The highest BCUT2D eigenvalue weighted by molar-refractivity contribution is 6.32. The van der Waals surface area contributed by atoms with Gasteiger partial charge in [-0.15, -0.1) is 0 Å². The van der Waals surface area contributed by atoms with E-state index in [1.54, 1.807) is 42.5 Å². The summed E-state index contributed by atoms with van der Waals surface area (Å²) in [6, 6.07) is 11.8. The molecule has 0 bridgehead atoms. The van der Waals surface area contributed by atoms with Crippen molar-refractivity contribution in [1.82, 2.24) is 0 Å². The van der Waals surface area contributed by atoms with E-state index in [9.17, 15) is 9.59 Å². The van der Waals surface area contributed by atoms with Gasteiger partial charge < -0.3 is 10.1 Å². The van der Waals surface area contributed by atoms with E-state index in [2.05, 4.69) is 5.32 Å². The number of hydrogen-bond donors (Lipinski definition) is 1. The van der Waals surface area contributed by atoms with Crippen LogP contribution in [0.25, 0.3) is 0 Å². The number of Topliss-reactive ketones (excluding diaryl/α,β-unsaturated/α-hetero) is 1. The summed E-state index contributed by atoms with van der Waals surface area (Å²) >= 11 is 12.0. The van der Waals surface area contributed by atoms with Crippen LogP contribution in [0.2, 0.25) is 10.0 Å². The van der Waals surface area contributed by atoms with Crippen LogP contribution in [0.1, 0.15) is 13.3 Å². The molecule has 0 saturated carbocycles. The van der Waals surface area contributed by atoms with Crippen molar-refractivity contribution in [3.63, 3.8) is 0 Å². The minimum absolute atomic E-state index is 0.210. The largest absolute Gasteiger partial charge is 0.454 e. The molecule has 0 atom stereocenters. The van der Waals surface area contributed by atoms with Crippen LogP contribution >= 0.6 is 23.2 Å². The van der Waals surface area contributed by atoms with E-state index in [0.29, 0.717) is 27.2 Å². The zero-order valence-corrected chi connectivity index (χ0v) is 13.2. The number of hydrogen-bond acceptors (Lipinski definition) is 3. The zero-order valence-electron chi connectivity index (χ0n) is 11.7. The maximum Gasteiger partial charge on any atom is 0.231 e. The summed E-state index contributed by atoms with van der Waals surface area (Å²) in [5, 5.41) is 3.49. The van der Waals surface area contributed by atoms with Gasteiger partial charge >= 0.3 is 0 Å². The quantitative estimate of drug-likeness (QED) is 0.804. The van der Waals surface area contributed by atoms with Gasteiger partial charge in [-0.05, 0) is 37.3 Å². The number of halogens is 2. The normalized spacial score (nSPS) is 10.1. The van der Waals surface area contributed by atoms with Crippen molar-refractivity contribution in [1.29, 1.82) is 0 Å². The first-order valence-corrected chi connectivity index (χ1v) is 7.22. The van der Waals surface area contributed by atoms with E-state index in [4.69, 9.17) is 27.9 Å². The van der Waals surface area contributed by atoms with Crippen LogP contribution in [0.4, 0.5) is 5.69 Å². The first-order valence-electron chi connectivity index (χ1n) is 6.47. The number of nitrogens with one attached hydrogen (secondary N) is 1. The van der Waals surface area contributed by atoms with E-state index >= 15 is 0 Å². The third-order valence-electron chi connectivity index (χ3n) is 2.68. The van der Waals surface area contributed by atoms with Gasteiger partial charge in [0.1, 0.15) is 11.5 Å². The molecule has 114 valence electrons. The van der Waals surface area contributed by atoms with Gasteiger partial charge in [0.2, 0.25) is 5.91 Å². The average Bonchev–Trinajstić information content (AvgIpc) is 2.43. The highest BCUT2D eigenvalue weighted by atomic mass is 35.5. The van der Waals surface area contributed by atoms with Gasteiger partial charge in [-0.1, -0.05) is 35.3 Å². The molecular formula is C16H13Cl2NO3. The third-order valence-corrected chi connectivity index (χ3v) is 3.23. The first-order chi connectivity index (χ1) is 10.5. The average molecular weight is 338 g/mol. The van der Waals surface area contributed by atoms with E-state index in [0.717, 1.165) is 0 Å². The number of carbonyl (C=O) groups is 2. The molecule has 0 aromatic heterocycles. The number of ketones is 1. The number of para-hydroxylation sites is 1. The van der Waals surface area contributed by atoms with Crippen LogP contribution in [-0.2, 0) is 9.59 Å². The Balaban J connectivity index is 2.26. The number of anilines is 1. The molecule has 6 heteroatoms. The van der Waals surface area contributed by atoms with Gasteiger partial charge in [0, 0.05) is 5.02 Å². The summed E-state index contributed by atoms with van der Waals surface area (Å²) in [4.78, 5) is 22.7. The van der Waals surface area contributed by atoms with Crippen LogP contribution in [0, 0.1) is 0 Å². The van der Waals surface area contributed by atoms with Gasteiger partial charge in [-0.2, -0.15) is 0 Å². The van der Waals surface area contributed by atoms with Gasteiger partial charge in [0.25, 0.3) is 0 Å². The summed E-state index contributed by atoms with van der Waals surface area (Å²) in [5.74, 6) is 0.176. The molecule has 0 aliphatic heterocycles. The molecular weight excluding hydrogens is 325 g/mol. The Morgan fingerprint density at radius 2 is 1.82 bits per heavy atom. The van der Waals surface area contributed by atoms with E-state index in [1.165, 1.54) is 6.92 Å². The van der Waals surface area contributed by atoms with Gasteiger partial charge in [0.05, 0.1) is 17.1 Å². The topological polar surface area (TPSA) is 55.4 Å². The monoisotopic (exact) mass is 337 g/mol. The number of amides is 1. The van der Waals surface area contributed by atoms with Crippen molar-refractivity contribution >= 4 is 40.6 Å². The molecule has 2 aromatic carbocycles. The van der Waals surface area contributed by atoms with Crippen LogP contribution in [0.15, 0.2) is 42.5 Å². The Morgan fingerprint density at radius 1 is 1.09 bits per heavy atom. The van der Waals surface area contributed by atoms with Gasteiger partial charge in [-0.25, -0.2) is 0 Å². The lowest BCUT2D eigenvalue weighted by Gasteiger charge is -2.13. The summed E-state index contributed by atoms with van der Waals surface area (Å²) in [6.07, 6.45) is -0.210. The van der Waals surface area contributed by atoms with Crippen molar-refractivity contribution in [3.8, 4) is 11.5 Å². The van der Waals surface area contributed by atoms with Crippen LogP contribution < -0.4 is 10.1 Å². The second kappa shape index (κ2) is 7.29. The van der Waals surface area contributed by atoms with Crippen molar-refractivity contribution in [3.05, 3.63) is 52.5 Å². The van der Waals surface area contributed by atoms with Gasteiger partial charge in [0.15, 0.2) is 5.75 Å². The van der Waals surface area contributed by atoms with Crippen molar-refractivity contribution < 1.29 is 14.3 Å². The van der Waals surface area contributed by atoms with E-state index in [1.807, 2.05) is 0 Å². The number of carbonyl (C=O) groups excluding carboxylic acids is 2. The SMILES string of the molecule is CC(=O)CC(=O)Nc1cc(Cl)ccc1Oc1ccccc1Cl. The molecule has 2 rings (SSSR count). The molecule has 4 nitrogen and oxygen atoms in total. The molecule has 0 aliphatic rings. The molecule has 1 amide bonds. The standard InChI is InChI=1S/C16H13Cl2NO3/c1-10(20)8-16(21)19-13-9-11(17)6-7-15(13)22-14-5-3-2-4-12(14)18/h2-7,9H,8H2,1H3,(H,19,21). The lowest BCUT2D eigenvalue weighted by Crippen LogP contribution is -2.15. The minimum Gasteiger partial charge on any atom is -0.454 e. The summed E-state index contributed by atoms with van der Waals surface area (Å²) in [6.45, 7) is 1.35. The molecule has 0 unspecified atom stereocenters. The lowest BCUT2D eigenvalue weighted by atomic mass is 10.2. The smallest absolute Gasteiger partial charge is 0.231 e. The van der Waals surface area contributed by atoms with Crippen LogP contribution in [0.3, 0.4) is 0 Å². The number of benzene rings is 2. The Kier molecular flexibility index (Phi) is 5.41. The third kappa shape index (κ3) is 4.48. The van der Waals surface area contributed by atoms with E-state index < -0.39 is 5.91 Å². The highest BCUT2D eigenvalue weighted by Gasteiger charge is 2.12. The Bertz CT molecular complexity index is 716. The fourth-order valence-corrected chi connectivity index (χ4v) is 2.10. The summed E-state index contributed by atoms with van der Waals surface area (Å²) in [7, 11) is 0. The fraction of sp³-hybridized carbons (Fsp3) is 0.125. The van der Waals surface area contributed by atoms with Crippen molar-refractivity contribution in [2.24, 2.45) is 0 Å². The molecule has 0 spiro atoms. The lowest BCUT2D eigenvalue weighted by molar-refractivity contribution is -0.124. The van der Waals surface area contributed by atoms with Crippen molar-refractivity contribution in [2.45, 2.75) is 13.3 Å². The first kappa shape index (κ1) is 16.3. The highest BCUT2D eigenvalue weighted by Crippen LogP contribution is 2.35. The van der Waals surface area contributed by atoms with Crippen LogP contribution in [-0.4, -0.2) is 11.7 Å². The van der Waals surface area contributed by atoms with Crippen molar-refractivity contribution in [2.75, 3.05) is 5.32 Å². The Labute approximate surface area is 138 Å². The maximum atomic E-state index is 11.7. The fourth-order valence-electron chi connectivity index (χ4n) is 1.76. The molecule has 2 aromatic rings. The Hall–Kier alpha value is -2.04. The summed E-state index contributed by atoms with van der Waals surface area (Å²) < 4.78 is 5.71. The molecule has 0 fully saturated rings. The molecule has 1 N–H and O–H groups in total. The molecule has 0 aliphatic carbocycles. The molecule has 0 radical (unpaired) electrons. The summed E-state index contributed by atoms with van der Waals surface area (Å²) in [5.41, 5.74) is 0.374. The minimum atomic E-state index is -0.432. The predicted molar refractivity (Wildman–Crippen MR) is 86.9 cm³/mol. The second-order valence-corrected chi connectivity index (χ2v) is 5.44. The molecule has 22 heavy (non-hydrogen) atoms. The van der Waals surface area contributed by atoms with Crippen LogP contribution in [0.5, 0.6) is 11.5 Å². The maximum absolute atomic E-state index is 11.7. The number of rotatable bonds is 5. The van der Waals surface area contributed by atoms with E-state index in [-0.39, 0.29) is 12.2 Å². The molecule has 0 heterocycles. The zero-order chi connectivity index (χ0) is 16.1.